The van der Waals surface area contributed by atoms with Gasteiger partial charge in [-0.3, -0.25) is 9.88 Å². The number of H-pyrrole nitrogens is 2. The number of rotatable bonds is 5. The molecule has 1 saturated heterocycles. The third-order valence-corrected chi connectivity index (χ3v) is 4.51. The molecule has 1 aliphatic rings. The van der Waals surface area contributed by atoms with Crippen LogP contribution in [0.25, 0.3) is 0 Å². The van der Waals surface area contributed by atoms with Gasteiger partial charge in [0.05, 0.1) is 11.1 Å². The van der Waals surface area contributed by atoms with Crippen LogP contribution < -0.4 is 10.4 Å². The van der Waals surface area contributed by atoms with Gasteiger partial charge in [-0.05, 0) is 37.6 Å². The van der Waals surface area contributed by atoms with Crippen molar-refractivity contribution in [3.63, 3.8) is 0 Å². The topological polar surface area (TPSA) is 74.0 Å². The average molecular weight is 357 g/mol. The van der Waals surface area contributed by atoms with E-state index >= 15 is 0 Å². The van der Waals surface area contributed by atoms with Gasteiger partial charge in [0.2, 0.25) is 0 Å². The molecule has 1 aromatic carbocycles. The number of aromatic nitrogens is 3. The van der Waals surface area contributed by atoms with Crippen molar-refractivity contribution < 1.29 is 4.74 Å². The van der Waals surface area contributed by atoms with Gasteiger partial charge in [-0.15, -0.1) is 0 Å². The largest absolute Gasteiger partial charge is 0.491 e. The van der Waals surface area contributed by atoms with Crippen LogP contribution in [0.2, 0.25) is 10.0 Å². The summed E-state index contributed by atoms with van der Waals surface area (Å²) in [4.78, 5) is 16.3. The highest BCUT2D eigenvalue weighted by molar-refractivity contribution is 6.35. The minimum absolute atomic E-state index is 0.118. The smallest absolute Gasteiger partial charge is 0.340 e. The second kappa shape index (κ2) is 7.38. The molecular formula is C15H18Cl2N4O2. The fourth-order valence-corrected chi connectivity index (χ4v) is 3.34. The number of nitrogens with zero attached hydrogens (tertiary/aromatic N) is 2. The first kappa shape index (κ1) is 16.4. The van der Waals surface area contributed by atoms with Crippen molar-refractivity contribution in [2.24, 2.45) is 0 Å². The molecule has 2 heterocycles. The Kier molecular flexibility index (Phi) is 5.25. The molecule has 6 nitrogen and oxygen atoms in total. The third kappa shape index (κ3) is 4.07. The van der Waals surface area contributed by atoms with Gasteiger partial charge in [0, 0.05) is 11.6 Å². The van der Waals surface area contributed by atoms with E-state index in [4.69, 9.17) is 27.9 Å². The molecule has 0 unspecified atom stereocenters. The van der Waals surface area contributed by atoms with Crippen LogP contribution in [0.1, 0.15) is 31.1 Å². The lowest BCUT2D eigenvalue weighted by Crippen LogP contribution is -2.37. The molecule has 1 aromatic heterocycles. The fraction of sp³-hybridized carbons (Fsp3) is 0.467. The van der Waals surface area contributed by atoms with Gasteiger partial charge in [-0.1, -0.05) is 29.6 Å². The minimum atomic E-state index is -0.269. The van der Waals surface area contributed by atoms with Gasteiger partial charge >= 0.3 is 5.69 Å². The van der Waals surface area contributed by atoms with Gasteiger partial charge < -0.3 is 4.74 Å². The highest BCUT2D eigenvalue weighted by Gasteiger charge is 2.26. The third-order valence-electron chi connectivity index (χ3n) is 3.98. The standard InChI is InChI=1S/C15H18Cl2N4O2/c16-10-4-5-13(11(17)9-10)23-8-7-21-6-2-1-3-12(21)14-18-15(22)20-19-14/h4-5,9,12H,1-3,6-8H2,(H2,18,19,20,22)/t12-/m0/s1. The molecule has 2 aromatic rings. The average Bonchev–Trinajstić information content (AvgIpc) is 2.96. The lowest BCUT2D eigenvalue weighted by atomic mass is 10.0. The van der Waals surface area contributed by atoms with Crippen molar-refractivity contribution in [3.05, 3.63) is 44.6 Å². The summed E-state index contributed by atoms with van der Waals surface area (Å²) in [6, 6.07) is 5.30. The van der Waals surface area contributed by atoms with E-state index < -0.39 is 0 Å². The van der Waals surface area contributed by atoms with Crippen LogP contribution in [0.4, 0.5) is 0 Å². The number of halogens is 2. The van der Waals surface area contributed by atoms with Crippen LogP contribution in [0.3, 0.4) is 0 Å². The lowest BCUT2D eigenvalue weighted by molar-refractivity contribution is 0.118. The molecule has 1 fully saturated rings. The zero-order valence-corrected chi connectivity index (χ0v) is 14.0. The van der Waals surface area contributed by atoms with Gasteiger partial charge in [0.15, 0.2) is 0 Å². The summed E-state index contributed by atoms with van der Waals surface area (Å²) in [5, 5.41) is 7.59. The Labute approximate surface area is 143 Å². The number of piperidine rings is 1. The van der Waals surface area contributed by atoms with E-state index in [9.17, 15) is 4.79 Å². The SMILES string of the molecule is O=c1[nH]nc([C@@H]2CCCCN2CCOc2ccc(Cl)cc2Cl)[nH]1. The molecule has 0 aliphatic carbocycles. The van der Waals surface area contributed by atoms with Crippen molar-refractivity contribution >= 4 is 23.2 Å². The summed E-state index contributed by atoms with van der Waals surface area (Å²) < 4.78 is 5.75. The lowest BCUT2D eigenvalue weighted by Gasteiger charge is -2.34. The van der Waals surface area contributed by atoms with Crippen molar-refractivity contribution in [1.82, 2.24) is 20.1 Å². The first-order valence-corrected chi connectivity index (χ1v) is 8.35. The number of aromatic amines is 2. The predicted molar refractivity (Wildman–Crippen MR) is 89.3 cm³/mol. The molecule has 3 rings (SSSR count). The minimum Gasteiger partial charge on any atom is -0.491 e. The molecule has 0 spiro atoms. The Bertz CT molecular complexity index is 715. The number of ether oxygens (including phenoxy) is 1. The summed E-state index contributed by atoms with van der Waals surface area (Å²) in [7, 11) is 0. The highest BCUT2D eigenvalue weighted by atomic mass is 35.5. The number of likely N-dealkylation sites (tertiary alicyclic amines) is 1. The molecule has 8 heteroatoms. The normalized spacial score (nSPS) is 19.0. The van der Waals surface area contributed by atoms with Crippen LogP contribution in [-0.2, 0) is 0 Å². The van der Waals surface area contributed by atoms with Crippen LogP contribution in [-0.4, -0.2) is 39.8 Å². The summed E-state index contributed by atoms with van der Waals surface area (Å²) in [5.41, 5.74) is -0.269. The van der Waals surface area contributed by atoms with Crippen LogP contribution >= 0.6 is 23.2 Å². The van der Waals surface area contributed by atoms with E-state index in [0.717, 1.165) is 32.4 Å². The van der Waals surface area contributed by atoms with Crippen molar-refractivity contribution in [3.8, 4) is 5.75 Å². The number of hydrogen-bond donors (Lipinski definition) is 2. The zero-order valence-electron chi connectivity index (χ0n) is 12.5. The van der Waals surface area contributed by atoms with Crippen LogP contribution in [0, 0.1) is 0 Å². The van der Waals surface area contributed by atoms with Gasteiger partial charge in [-0.2, -0.15) is 5.10 Å². The van der Waals surface area contributed by atoms with Crippen molar-refractivity contribution in [1.29, 1.82) is 0 Å². The Morgan fingerprint density at radius 3 is 2.96 bits per heavy atom. The zero-order chi connectivity index (χ0) is 16.2. The molecule has 2 N–H and O–H groups in total. The highest BCUT2D eigenvalue weighted by Crippen LogP contribution is 2.29. The van der Waals surface area contributed by atoms with E-state index in [2.05, 4.69) is 20.1 Å². The molecule has 124 valence electrons. The molecule has 0 radical (unpaired) electrons. The molecule has 0 saturated carbocycles. The fourth-order valence-electron chi connectivity index (χ4n) is 2.87. The maximum Gasteiger partial charge on any atom is 0.340 e. The molecule has 23 heavy (non-hydrogen) atoms. The van der Waals surface area contributed by atoms with Gasteiger partial charge in [0.1, 0.15) is 18.2 Å². The van der Waals surface area contributed by atoms with Crippen molar-refractivity contribution in [2.45, 2.75) is 25.3 Å². The summed E-state index contributed by atoms with van der Waals surface area (Å²) in [6.45, 7) is 2.20. The summed E-state index contributed by atoms with van der Waals surface area (Å²) >= 11 is 12.0. The monoisotopic (exact) mass is 356 g/mol. The number of nitrogens with one attached hydrogen (secondary N) is 2. The second-order valence-electron chi connectivity index (χ2n) is 5.53. The molecule has 0 bridgehead atoms. The summed E-state index contributed by atoms with van der Waals surface area (Å²) in [6.07, 6.45) is 3.23. The first-order valence-electron chi connectivity index (χ1n) is 7.60. The van der Waals surface area contributed by atoms with E-state index in [1.54, 1.807) is 18.2 Å². The molecule has 0 amide bonds. The maximum atomic E-state index is 11.3. The second-order valence-corrected chi connectivity index (χ2v) is 6.38. The molecule has 1 aliphatic heterocycles. The van der Waals surface area contributed by atoms with Crippen molar-refractivity contribution in [2.75, 3.05) is 19.7 Å². The van der Waals surface area contributed by atoms with E-state index in [1.807, 2.05) is 0 Å². The quantitative estimate of drug-likeness (QED) is 0.863. The molecule has 1 atom stereocenters. The van der Waals surface area contributed by atoms with E-state index in [-0.39, 0.29) is 11.7 Å². The Hall–Kier alpha value is -1.50. The van der Waals surface area contributed by atoms with Gasteiger partial charge in [0.25, 0.3) is 0 Å². The molecular weight excluding hydrogens is 339 g/mol. The van der Waals surface area contributed by atoms with Crippen LogP contribution in [0.15, 0.2) is 23.0 Å². The van der Waals surface area contributed by atoms with Crippen LogP contribution in [0.5, 0.6) is 5.75 Å². The number of hydrogen-bond acceptors (Lipinski definition) is 4. The van der Waals surface area contributed by atoms with E-state index in [1.165, 1.54) is 0 Å². The Morgan fingerprint density at radius 1 is 1.35 bits per heavy atom. The summed E-state index contributed by atoms with van der Waals surface area (Å²) in [5.74, 6) is 1.32. The van der Waals surface area contributed by atoms with Gasteiger partial charge in [-0.25, -0.2) is 9.89 Å². The Morgan fingerprint density at radius 2 is 2.22 bits per heavy atom. The Balaban J connectivity index is 1.60. The van der Waals surface area contributed by atoms with E-state index in [0.29, 0.717) is 28.2 Å². The first-order chi connectivity index (χ1) is 11.1. The maximum absolute atomic E-state index is 11.3. The number of benzene rings is 1. The predicted octanol–water partition coefficient (Wildman–Crippen LogP) is 3.01.